The van der Waals surface area contributed by atoms with Gasteiger partial charge in [0.25, 0.3) is 5.91 Å². The maximum Gasteiger partial charge on any atom is 0.272 e. The first-order valence-electron chi connectivity index (χ1n) is 7.91. The molecule has 0 spiro atoms. The molecule has 2 fully saturated rings. The lowest BCUT2D eigenvalue weighted by atomic mass is 9.76. The van der Waals surface area contributed by atoms with Gasteiger partial charge in [-0.05, 0) is 24.0 Å². The van der Waals surface area contributed by atoms with Crippen molar-refractivity contribution in [2.24, 2.45) is 11.8 Å². The van der Waals surface area contributed by atoms with E-state index in [1.165, 1.54) is 32.1 Å². The molecule has 2 aliphatic rings. The number of aromatic amines is 1. The summed E-state index contributed by atoms with van der Waals surface area (Å²) in [6.07, 6.45) is 8.52. The van der Waals surface area contributed by atoms with Crippen molar-refractivity contribution in [2.45, 2.75) is 32.1 Å². The van der Waals surface area contributed by atoms with Crippen molar-refractivity contribution < 1.29 is 4.79 Å². The fourth-order valence-electron chi connectivity index (χ4n) is 3.75. The lowest BCUT2D eigenvalue weighted by Gasteiger charge is -2.44. The van der Waals surface area contributed by atoms with Gasteiger partial charge in [0.05, 0.1) is 5.39 Å². The summed E-state index contributed by atoms with van der Waals surface area (Å²) in [6.45, 7) is 1.81. The number of fused-ring (bicyclic) bond motifs is 1. The van der Waals surface area contributed by atoms with Gasteiger partial charge in [-0.2, -0.15) is 5.10 Å². The fraction of sp³-hybridized carbons (Fsp3) is 0.562. The van der Waals surface area contributed by atoms with Gasteiger partial charge in [0.1, 0.15) is 5.69 Å². The van der Waals surface area contributed by atoms with Crippen LogP contribution in [0.15, 0.2) is 18.3 Å². The second-order valence-corrected chi connectivity index (χ2v) is 6.34. The first-order valence-corrected chi connectivity index (χ1v) is 7.91. The number of likely N-dealkylation sites (tertiary alicyclic amines) is 1. The summed E-state index contributed by atoms with van der Waals surface area (Å²) < 4.78 is 0. The molecule has 0 bridgehead atoms. The Balaban J connectivity index is 1.45. The highest BCUT2D eigenvalue weighted by Crippen LogP contribution is 2.35. The van der Waals surface area contributed by atoms with Gasteiger partial charge in [-0.15, -0.1) is 0 Å². The second kappa shape index (κ2) is 5.13. The van der Waals surface area contributed by atoms with Crippen LogP contribution in [0.5, 0.6) is 0 Å². The van der Waals surface area contributed by atoms with E-state index in [4.69, 9.17) is 0 Å². The Morgan fingerprint density at radius 2 is 2.00 bits per heavy atom. The zero-order chi connectivity index (χ0) is 14.2. The Hall–Kier alpha value is -1.91. The number of pyridine rings is 1. The summed E-state index contributed by atoms with van der Waals surface area (Å²) in [4.78, 5) is 18.7. The van der Waals surface area contributed by atoms with Crippen molar-refractivity contribution >= 4 is 16.9 Å². The molecule has 21 heavy (non-hydrogen) atoms. The number of carbonyl (C=O) groups is 1. The van der Waals surface area contributed by atoms with Crippen molar-refractivity contribution in [1.29, 1.82) is 0 Å². The number of aromatic nitrogens is 3. The Kier molecular flexibility index (Phi) is 3.13. The van der Waals surface area contributed by atoms with Crippen LogP contribution in [0.25, 0.3) is 11.0 Å². The maximum atomic E-state index is 12.6. The minimum absolute atomic E-state index is 0.0672. The Bertz CT molecular complexity index is 653. The van der Waals surface area contributed by atoms with E-state index in [1.807, 2.05) is 17.0 Å². The van der Waals surface area contributed by atoms with Gasteiger partial charge < -0.3 is 4.90 Å². The number of nitrogens with one attached hydrogen (secondary N) is 1. The molecule has 0 aromatic carbocycles. The summed E-state index contributed by atoms with van der Waals surface area (Å²) in [5.41, 5.74) is 1.20. The number of carbonyl (C=O) groups excluding carboxylic acids is 1. The van der Waals surface area contributed by atoms with Crippen LogP contribution in [0.3, 0.4) is 0 Å². The lowest BCUT2D eigenvalue weighted by molar-refractivity contribution is 0.0301. The highest BCUT2D eigenvalue weighted by Gasteiger charge is 2.37. The van der Waals surface area contributed by atoms with Crippen molar-refractivity contribution in [2.75, 3.05) is 13.1 Å². The van der Waals surface area contributed by atoms with Gasteiger partial charge >= 0.3 is 0 Å². The monoisotopic (exact) mass is 284 g/mol. The van der Waals surface area contributed by atoms with E-state index >= 15 is 0 Å². The van der Waals surface area contributed by atoms with Crippen molar-refractivity contribution in [3.63, 3.8) is 0 Å². The third kappa shape index (κ3) is 2.20. The van der Waals surface area contributed by atoms with Crippen LogP contribution in [0.1, 0.15) is 42.6 Å². The van der Waals surface area contributed by atoms with E-state index in [2.05, 4.69) is 15.2 Å². The molecule has 0 atom stereocenters. The molecule has 1 aliphatic heterocycles. The minimum Gasteiger partial charge on any atom is -0.337 e. The third-order valence-corrected chi connectivity index (χ3v) is 5.06. The second-order valence-electron chi connectivity index (χ2n) is 6.34. The molecule has 1 N–H and O–H groups in total. The fourth-order valence-corrected chi connectivity index (χ4v) is 3.75. The smallest absolute Gasteiger partial charge is 0.272 e. The summed E-state index contributed by atoms with van der Waals surface area (Å²) in [7, 11) is 0. The normalized spacial score (nSPS) is 20.7. The number of hydrogen-bond acceptors (Lipinski definition) is 3. The maximum absolute atomic E-state index is 12.6. The molecule has 1 saturated heterocycles. The van der Waals surface area contributed by atoms with Gasteiger partial charge in [0.2, 0.25) is 0 Å². The molecule has 0 radical (unpaired) electrons. The van der Waals surface area contributed by atoms with E-state index in [-0.39, 0.29) is 5.91 Å². The number of rotatable bonds is 2. The molecule has 1 amide bonds. The van der Waals surface area contributed by atoms with E-state index in [9.17, 15) is 4.79 Å². The summed E-state index contributed by atoms with van der Waals surface area (Å²) in [6, 6.07) is 3.74. The first kappa shape index (κ1) is 12.8. The summed E-state index contributed by atoms with van der Waals surface area (Å²) >= 11 is 0. The number of hydrogen-bond donors (Lipinski definition) is 1. The molecule has 4 rings (SSSR count). The topological polar surface area (TPSA) is 61.9 Å². The molecule has 0 unspecified atom stereocenters. The Morgan fingerprint density at radius 1 is 1.19 bits per heavy atom. The minimum atomic E-state index is 0.0672. The van der Waals surface area contributed by atoms with E-state index in [0.29, 0.717) is 17.3 Å². The Morgan fingerprint density at radius 3 is 2.81 bits per heavy atom. The standard InChI is InChI=1S/C16H20N4O/c21-16(14-13-7-4-8-17-15(13)19-18-14)20-9-12(10-20)11-5-2-1-3-6-11/h4,7-8,11-12H,1-3,5-6,9-10H2,(H,17,18,19). The number of H-pyrrole nitrogens is 1. The molecular formula is C16H20N4O. The SMILES string of the molecule is O=C(c1[nH]nc2ncccc12)N1CC(C2CCCCC2)C1. The highest BCUT2D eigenvalue weighted by atomic mass is 16.2. The zero-order valence-corrected chi connectivity index (χ0v) is 12.1. The Labute approximate surface area is 123 Å². The van der Waals surface area contributed by atoms with Crippen LogP contribution in [0.4, 0.5) is 0 Å². The summed E-state index contributed by atoms with van der Waals surface area (Å²) in [5, 5.41) is 7.78. The molecule has 2 aromatic rings. The zero-order valence-electron chi connectivity index (χ0n) is 12.1. The highest BCUT2D eigenvalue weighted by molar-refractivity contribution is 6.04. The predicted octanol–water partition coefficient (Wildman–Crippen LogP) is 2.61. The van der Waals surface area contributed by atoms with Crippen molar-refractivity contribution in [1.82, 2.24) is 20.1 Å². The molecule has 1 saturated carbocycles. The van der Waals surface area contributed by atoms with Crippen LogP contribution < -0.4 is 0 Å². The van der Waals surface area contributed by atoms with Crippen LogP contribution in [0, 0.1) is 11.8 Å². The van der Waals surface area contributed by atoms with Crippen molar-refractivity contribution in [3.05, 3.63) is 24.0 Å². The van der Waals surface area contributed by atoms with Gasteiger partial charge in [0.15, 0.2) is 5.65 Å². The molecule has 1 aliphatic carbocycles. The predicted molar refractivity (Wildman–Crippen MR) is 79.9 cm³/mol. The van der Waals surface area contributed by atoms with E-state index < -0.39 is 0 Å². The molecule has 110 valence electrons. The lowest BCUT2D eigenvalue weighted by Crippen LogP contribution is -2.53. The number of nitrogens with zero attached hydrogens (tertiary/aromatic N) is 3. The van der Waals surface area contributed by atoms with Gasteiger partial charge in [-0.1, -0.05) is 32.1 Å². The molecule has 3 heterocycles. The molecular weight excluding hydrogens is 264 g/mol. The van der Waals surface area contributed by atoms with Crippen LogP contribution in [0.2, 0.25) is 0 Å². The molecule has 2 aromatic heterocycles. The van der Waals surface area contributed by atoms with E-state index in [0.717, 1.165) is 24.4 Å². The van der Waals surface area contributed by atoms with Crippen molar-refractivity contribution in [3.8, 4) is 0 Å². The number of amides is 1. The van der Waals surface area contributed by atoms with Gasteiger partial charge in [0, 0.05) is 19.3 Å². The van der Waals surface area contributed by atoms with Crippen LogP contribution in [-0.2, 0) is 0 Å². The average Bonchev–Trinajstić information content (AvgIpc) is 2.90. The van der Waals surface area contributed by atoms with Crippen LogP contribution >= 0.6 is 0 Å². The molecule has 5 heteroatoms. The quantitative estimate of drug-likeness (QED) is 0.922. The largest absolute Gasteiger partial charge is 0.337 e. The van der Waals surface area contributed by atoms with Gasteiger partial charge in [-0.25, -0.2) is 4.98 Å². The molecule has 5 nitrogen and oxygen atoms in total. The van der Waals surface area contributed by atoms with E-state index in [1.54, 1.807) is 6.20 Å². The van der Waals surface area contributed by atoms with Gasteiger partial charge in [-0.3, -0.25) is 9.89 Å². The van der Waals surface area contributed by atoms with Crippen LogP contribution in [-0.4, -0.2) is 39.1 Å². The first-order chi connectivity index (χ1) is 10.3. The third-order valence-electron chi connectivity index (χ3n) is 5.06. The average molecular weight is 284 g/mol. The summed E-state index contributed by atoms with van der Waals surface area (Å²) in [5.74, 6) is 1.61.